The fourth-order valence-electron chi connectivity index (χ4n) is 1.57. The van der Waals surface area contributed by atoms with Gasteiger partial charge in [-0.15, -0.1) is 0 Å². The average Bonchev–Trinajstić information content (AvgIpc) is 2.52. The van der Waals surface area contributed by atoms with Gasteiger partial charge in [0.25, 0.3) is 0 Å². The van der Waals surface area contributed by atoms with Crippen molar-refractivity contribution in [1.82, 2.24) is 5.32 Å². The number of hydrogen-bond donors (Lipinski definition) is 1. The molecule has 0 aromatic rings. The summed E-state index contributed by atoms with van der Waals surface area (Å²) in [5, 5.41) is 3.12. The number of ether oxygens (including phenoxy) is 1. The average molecular weight is 199 g/mol. The largest absolute Gasteiger partial charge is 0.461 e. The Morgan fingerprint density at radius 2 is 1.93 bits per heavy atom. The van der Waals surface area contributed by atoms with Crippen LogP contribution >= 0.6 is 0 Å². The highest BCUT2D eigenvalue weighted by Gasteiger charge is 2.20. The molecule has 0 amide bonds. The minimum Gasteiger partial charge on any atom is -0.461 e. The number of carbonyl (C=O) groups excluding carboxylic acids is 1. The summed E-state index contributed by atoms with van der Waals surface area (Å²) in [5.41, 5.74) is -0.0192. The zero-order valence-electron chi connectivity index (χ0n) is 9.43. The Bertz CT molecular complexity index is 190. The van der Waals surface area contributed by atoms with Crippen LogP contribution in [0.1, 0.15) is 46.5 Å². The van der Waals surface area contributed by atoms with Crippen LogP contribution in [0.5, 0.6) is 0 Å². The summed E-state index contributed by atoms with van der Waals surface area (Å²) < 4.78 is 5.31. The molecule has 0 atom stereocenters. The summed E-state index contributed by atoms with van der Waals surface area (Å²) in [5.74, 6) is -0.119. The molecular weight excluding hydrogens is 178 g/mol. The maximum absolute atomic E-state index is 11.4. The van der Waals surface area contributed by atoms with Crippen molar-refractivity contribution in [2.75, 3.05) is 6.54 Å². The normalized spacial score (nSPS) is 18.5. The fraction of sp³-hybridized carbons (Fsp3) is 0.909. The van der Waals surface area contributed by atoms with Crippen LogP contribution in [0.15, 0.2) is 0 Å². The molecule has 0 spiro atoms. The van der Waals surface area contributed by atoms with Crippen molar-refractivity contribution in [3.05, 3.63) is 0 Å². The molecule has 0 aromatic carbocycles. The molecule has 1 N–H and O–H groups in total. The van der Waals surface area contributed by atoms with E-state index >= 15 is 0 Å². The Kier molecular flexibility index (Phi) is 3.93. The van der Waals surface area contributed by atoms with E-state index in [1.807, 2.05) is 20.8 Å². The molecule has 0 saturated heterocycles. The van der Waals surface area contributed by atoms with Crippen LogP contribution in [-0.2, 0) is 9.53 Å². The van der Waals surface area contributed by atoms with Crippen LogP contribution in [-0.4, -0.2) is 24.2 Å². The van der Waals surface area contributed by atoms with Gasteiger partial charge in [-0.1, -0.05) is 0 Å². The minimum absolute atomic E-state index is 0.0192. The first-order chi connectivity index (χ1) is 6.47. The number of nitrogens with one attached hydrogen (secondary N) is 1. The number of rotatable bonds is 3. The first-order valence-electron chi connectivity index (χ1n) is 5.42. The molecule has 1 rings (SSSR count). The van der Waals surface area contributed by atoms with Gasteiger partial charge in [-0.3, -0.25) is 4.79 Å². The molecule has 0 aromatic heterocycles. The second kappa shape index (κ2) is 4.78. The summed E-state index contributed by atoms with van der Waals surface area (Å²) in [6.07, 6.45) is 4.67. The van der Waals surface area contributed by atoms with Gasteiger partial charge in [0.2, 0.25) is 0 Å². The van der Waals surface area contributed by atoms with E-state index in [1.54, 1.807) is 0 Å². The minimum atomic E-state index is -0.119. The van der Waals surface area contributed by atoms with Crippen molar-refractivity contribution in [3.63, 3.8) is 0 Å². The molecule has 0 aliphatic heterocycles. The van der Waals surface area contributed by atoms with Crippen molar-refractivity contribution in [1.29, 1.82) is 0 Å². The number of esters is 1. The lowest BCUT2D eigenvalue weighted by molar-refractivity contribution is -0.147. The lowest BCUT2D eigenvalue weighted by atomic mass is 10.1. The standard InChI is InChI=1S/C11H21NO2/c1-11(2,3)12-8-10(13)14-9-6-4-5-7-9/h9,12H,4-8H2,1-3H3. The van der Waals surface area contributed by atoms with Crippen LogP contribution < -0.4 is 5.32 Å². The lowest BCUT2D eigenvalue weighted by Gasteiger charge is -2.20. The molecule has 82 valence electrons. The first kappa shape index (κ1) is 11.5. The van der Waals surface area contributed by atoms with Gasteiger partial charge in [-0.2, -0.15) is 0 Å². The topological polar surface area (TPSA) is 38.3 Å². The molecule has 3 nitrogen and oxygen atoms in total. The van der Waals surface area contributed by atoms with E-state index in [0.29, 0.717) is 6.54 Å². The highest BCUT2D eigenvalue weighted by atomic mass is 16.5. The zero-order valence-corrected chi connectivity index (χ0v) is 9.43. The molecule has 0 unspecified atom stereocenters. The van der Waals surface area contributed by atoms with Crippen LogP contribution in [0.3, 0.4) is 0 Å². The van der Waals surface area contributed by atoms with Crippen molar-refractivity contribution in [2.45, 2.75) is 58.1 Å². The third-order valence-corrected chi connectivity index (χ3v) is 2.36. The van der Waals surface area contributed by atoms with Crippen molar-refractivity contribution in [2.24, 2.45) is 0 Å². The molecule has 1 aliphatic rings. The molecule has 1 aliphatic carbocycles. The van der Waals surface area contributed by atoms with E-state index in [4.69, 9.17) is 4.74 Å². The van der Waals surface area contributed by atoms with Crippen molar-refractivity contribution in [3.8, 4) is 0 Å². The second-order valence-electron chi connectivity index (χ2n) is 5.00. The van der Waals surface area contributed by atoms with Gasteiger partial charge < -0.3 is 10.1 Å². The first-order valence-corrected chi connectivity index (χ1v) is 5.42. The quantitative estimate of drug-likeness (QED) is 0.705. The summed E-state index contributed by atoms with van der Waals surface area (Å²) in [6.45, 7) is 6.43. The third kappa shape index (κ3) is 4.61. The molecule has 1 fully saturated rings. The highest BCUT2D eigenvalue weighted by Crippen LogP contribution is 2.20. The van der Waals surface area contributed by atoms with Gasteiger partial charge in [0, 0.05) is 5.54 Å². The summed E-state index contributed by atoms with van der Waals surface area (Å²) in [6, 6.07) is 0. The van der Waals surface area contributed by atoms with Crippen LogP contribution in [0.4, 0.5) is 0 Å². The van der Waals surface area contributed by atoms with E-state index in [9.17, 15) is 4.79 Å². The Labute approximate surface area is 86.2 Å². The molecule has 0 radical (unpaired) electrons. The molecule has 14 heavy (non-hydrogen) atoms. The number of hydrogen-bond acceptors (Lipinski definition) is 3. The monoisotopic (exact) mass is 199 g/mol. The van der Waals surface area contributed by atoms with Crippen LogP contribution in [0, 0.1) is 0 Å². The van der Waals surface area contributed by atoms with Gasteiger partial charge in [-0.25, -0.2) is 0 Å². The summed E-state index contributed by atoms with van der Waals surface area (Å²) in [7, 11) is 0. The second-order valence-corrected chi connectivity index (χ2v) is 5.00. The predicted molar refractivity (Wildman–Crippen MR) is 56.1 cm³/mol. The Morgan fingerprint density at radius 3 is 2.43 bits per heavy atom. The molecule has 0 bridgehead atoms. The van der Waals surface area contributed by atoms with E-state index in [0.717, 1.165) is 12.8 Å². The van der Waals surface area contributed by atoms with Crippen molar-refractivity contribution >= 4 is 5.97 Å². The fourth-order valence-corrected chi connectivity index (χ4v) is 1.57. The molecular formula is C11H21NO2. The Balaban J connectivity index is 2.15. The van der Waals surface area contributed by atoms with E-state index in [1.165, 1.54) is 12.8 Å². The lowest BCUT2D eigenvalue weighted by Crippen LogP contribution is -2.40. The maximum atomic E-state index is 11.4. The smallest absolute Gasteiger partial charge is 0.320 e. The van der Waals surface area contributed by atoms with Crippen molar-refractivity contribution < 1.29 is 9.53 Å². The van der Waals surface area contributed by atoms with Gasteiger partial charge in [-0.05, 0) is 46.5 Å². The molecule has 0 heterocycles. The molecule has 3 heteroatoms. The van der Waals surface area contributed by atoms with Gasteiger partial charge >= 0.3 is 5.97 Å². The molecule has 1 saturated carbocycles. The van der Waals surface area contributed by atoms with E-state index in [-0.39, 0.29) is 17.6 Å². The van der Waals surface area contributed by atoms with Gasteiger partial charge in [0.05, 0.1) is 6.54 Å². The third-order valence-electron chi connectivity index (χ3n) is 2.36. The van der Waals surface area contributed by atoms with E-state index < -0.39 is 0 Å². The van der Waals surface area contributed by atoms with Crippen LogP contribution in [0.2, 0.25) is 0 Å². The predicted octanol–water partition coefficient (Wildman–Crippen LogP) is 1.86. The Hall–Kier alpha value is -0.570. The maximum Gasteiger partial charge on any atom is 0.320 e. The highest BCUT2D eigenvalue weighted by molar-refractivity contribution is 5.71. The van der Waals surface area contributed by atoms with Crippen LogP contribution in [0.25, 0.3) is 0 Å². The van der Waals surface area contributed by atoms with Gasteiger partial charge in [0.1, 0.15) is 6.10 Å². The zero-order chi connectivity index (χ0) is 10.6. The summed E-state index contributed by atoms with van der Waals surface area (Å²) in [4.78, 5) is 11.4. The SMILES string of the molecule is CC(C)(C)NCC(=O)OC1CCCC1. The van der Waals surface area contributed by atoms with E-state index in [2.05, 4.69) is 5.32 Å². The number of carbonyl (C=O) groups is 1. The Morgan fingerprint density at radius 1 is 1.36 bits per heavy atom. The summed E-state index contributed by atoms with van der Waals surface area (Å²) >= 11 is 0. The van der Waals surface area contributed by atoms with Gasteiger partial charge in [0.15, 0.2) is 0 Å².